The molecule has 0 spiro atoms. The lowest BCUT2D eigenvalue weighted by Gasteiger charge is -2.19. The molecular weight excluding hydrogens is 212 g/mol. The van der Waals surface area contributed by atoms with E-state index in [0.29, 0.717) is 12.0 Å². The fourth-order valence-corrected chi connectivity index (χ4v) is 1.95. The molecule has 2 unspecified atom stereocenters. The summed E-state index contributed by atoms with van der Waals surface area (Å²) in [7, 11) is 1.69. The molecule has 0 aliphatic carbocycles. The number of rotatable bonds is 7. The van der Waals surface area contributed by atoms with Crippen LogP contribution >= 0.6 is 0 Å². The standard InChI is InChI=1S/C14H24N2O/c1-4-11(2)8-13(16-15)9-12-6-5-7-14(10-12)17-3/h5-7,10-11,13,16H,4,8-9,15H2,1-3H3. The first-order valence-electron chi connectivity index (χ1n) is 6.28. The van der Waals surface area contributed by atoms with E-state index in [9.17, 15) is 0 Å². The second kappa shape index (κ2) is 7.30. The normalized spacial score (nSPS) is 14.4. The van der Waals surface area contributed by atoms with E-state index in [0.717, 1.165) is 18.6 Å². The van der Waals surface area contributed by atoms with Gasteiger partial charge in [0.15, 0.2) is 0 Å². The molecule has 3 nitrogen and oxygen atoms in total. The van der Waals surface area contributed by atoms with Gasteiger partial charge in [-0.3, -0.25) is 11.3 Å². The van der Waals surface area contributed by atoms with Gasteiger partial charge in [0.1, 0.15) is 5.75 Å². The molecule has 96 valence electrons. The SMILES string of the molecule is CCC(C)CC(Cc1cccc(OC)c1)NN. The molecule has 1 aromatic rings. The Morgan fingerprint density at radius 2 is 2.18 bits per heavy atom. The van der Waals surface area contributed by atoms with Gasteiger partial charge < -0.3 is 4.74 Å². The summed E-state index contributed by atoms with van der Waals surface area (Å²) < 4.78 is 5.22. The van der Waals surface area contributed by atoms with Gasteiger partial charge in [-0.15, -0.1) is 0 Å². The van der Waals surface area contributed by atoms with Crippen molar-refractivity contribution in [2.24, 2.45) is 11.8 Å². The zero-order valence-electron chi connectivity index (χ0n) is 11.1. The smallest absolute Gasteiger partial charge is 0.119 e. The summed E-state index contributed by atoms with van der Waals surface area (Å²) >= 11 is 0. The largest absolute Gasteiger partial charge is 0.497 e. The van der Waals surface area contributed by atoms with Gasteiger partial charge in [0, 0.05) is 6.04 Å². The topological polar surface area (TPSA) is 47.3 Å². The van der Waals surface area contributed by atoms with E-state index in [4.69, 9.17) is 10.6 Å². The monoisotopic (exact) mass is 236 g/mol. The van der Waals surface area contributed by atoms with E-state index in [1.54, 1.807) is 7.11 Å². The maximum absolute atomic E-state index is 5.61. The molecule has 0 heterocycles. The first-order chi connectivity index (χ1) is 8.19. The Morgan fingerprint density at radius 1 is 1.41 bits per heavy atom. The highest BCUT2D eigenvalue weighted by molar-refractivity contribution is 5.28. The minimum atomic E-state index is 0.331. The van der Waals surface area contributed by atoms with E-state index < -0.39 is 0 Å². The third-order valence-corrected chi connectivity index (χ3v) is 3.24. The second-order valence-corrected chi connectivity index (χ2v) is 4.67. The van der Waals surface area contributed by atoms with E-state index in [2.05, 4.69) is 31.4 Å². The number of hydrogen-bond acceptors (Lipinski definition) is 3. The number of hydrogen-bond donors (Lipinski definition) is 2. The van der Waals surface area contributed by atoms with Crippen LogP contribution in [0.3, 0.4) is 0 Å². The average molecular weight is 236 g/mol. The number of benzene rings is 1. The van der Waals surface area contributed by atoms with Gasteiger partial charge in [0.2, 0.25) is 0 Å². The van der Waals surface area contributed by atoms with Gasteiger partial charge in [0.05, 0.1) is 7.11 Å². The van der Waals surface area contributed by atoms with Crippen molar-refractivity contribution < 1.29 is 4.74 Å². The van der Waals surface area contributed by atoms with Gasteiger partial charge in [-0.25, -0.2) is 0 Å². The van der Waals surface area contributed by atoms with Gasteiger partial charge in [-0.1, -0.05) is 32.4 Å². The van der Waals surface area contributed by atoms with Crippen LogP contribution in [0.5, 0.6) is 5.75 Å². The molecule has 0 saturated carbocycles. The molecular formula is C14H24N2O. The molecule has 1 aromatic carbocycles. The van der Waals surface area contributed by atoms with Crippen LogP contribution in [0.25, 0.3) is 0 Å². The number of nitrogens with one attached hydrogen (secondary N) is 1. The molecule has 1 rings (SSSR count). The summed E-state index contributed by atoms with van der Waals surface area (Å²) in [4.78, 5) is 0. The number of ether oxygens (including phenoxy) is 1. The van der Waals surface area contributed by atoms with E-state index in [1.807, 2.05) is 12.1 Å². The highest BCUT2D eigenvalue weighted by Gasteiger charge is 2.11. The van der Waals surface area contributed by atoms with Crippen molar-refractivity contribution >= 4 is 0 Å². The highest BCUT2D eigenvalue weighted by Crippen LogP contribution is 2.17. The van der Waals surface area contributed by atoms with Crippen LogP contribution in [0.1, 0.15) is 32.3 Å². The fraction of sp³-hybridized carbons (Fsp3) is 0.571. The number of hydrazine groups is 1. The minimum Gasteiger partial charge on any atom is -0.497 e. The lowest BCUT2D eigenvalue weighted by atomic mass is 9.95. The Labute approximate surface area is 104 Å². The summed E-state index contributed by atoms with van der Waals surface area (Å²) in [6.07, 6.45) is 3.23. The van der Waals surface area contributed by atoms with Gasteiger partial charge in [-0.05, 0) is 36.5 Å². The number of nitrogens with two attached hydrogens (primary N) is 1. The lowest BCUT2D eigenvalue weighted by molar-refractivity contribution is 0.394. The van der Waals surface area contributed by atoms with Gasteiger partial charge >= 0.3 is 0 Å². The van der Waals surface area contributed by atoms with Crippen molar-refractivity contribution in [3.05, 3.63) is 29.8 Å². The molecule has 0 amide bonds. The maximum Gasteiger partial charge on any atom is 0.119 e. The maximum atomic E-state index is 5.61. The summed E-state index contributed by atoms with van der Waals surface area (Å²) in [5.74, 6) is 7.21. The molecule has 0 saturated heterocycles. The van der Waals surface area contributed by atoms with Crippen LogP contribution in [0, 0.1) is 5.92 Å². The van der Waals surface area contributed by atoms with Crippen molar-refractivity contribution in [2.45, 2.75) is 39.2 Å². The van der Waals surface area contributed by atoms with Crippen LogP contribution in [0.15, 0.2) is 24.3 Å². The molecule has 3 N–H and O–H groups in total. The third kappa shape index (κ3) is 4.75. The average Bonchev–Trinajstić information content (AvgIpc) is 2.37. The summed E-state index contributed by atoms with van der Waals surface area (Å²) in [5, 5.41) is 0. The Balaban J connectivity index is 2.60. The predicted octanol–water partition coefficient (Wildman–Crippen LogP) is 2.51. The van der Waals surface area contributed by atoms with Crippen molar-refractivity contribution in [1.82, 2.24) is 5.43 Å². The minimum absolute atomic E-state index is 0.331. The van der Waals surface area contributed by atoms with Crippen LogP contribution in [0.4, 0.5) is 0 Å². The molecule has 0 aliphatic rings. The molecule has 3 heteroatoms. The number of methoxy groups -OCH3 is 1. The van der Waals surface area contributed by atoms with E-state index in [-0.39, 0.29) is 0 Å². The van der Waals surface area contributed by atoms with E-state index in [1.165, 1.54) is 12.0 Å². The van der Waals surface area contributed by atoms with E-state index >= 15 is 0 Å². The quantitative estimate of drug-likeness (QED) is 0.565. The summed E-state index contributed by atoms with van der Waals surface area (Å²) in [6, 6.07) is 8.50. The fourth-order valence-electron chi connectivity index (χ4n) is 1.95. The molecule has 17 heavy (non-hydrogen) atoms. The summed E-state index contributed by atoms with van der Waals surface area (Å²) in [5.41, 5.74) is 4.17. The van der Waals surface area contributed by atoms with Crippen molar-refractivity contribution in [3.8, 4) is 5.75 Å². The first-order valence-corrected chi connectivity index (χ1v) is 6.28. The zero-order valence-corrected chi connectivity index (χ0v) is 11.1. The lowest BCUT2D eigenvalue weighted by Crippen LogP contribution is -2.37. The Kier molecular flexibility index (Phi) is 6.01. The molecule has 0 radical (unpaired) electrons. The Hall–Kier alpha value is -1.06. The molecule has 2 atom stereocenters. The van der Waals surface area contributed by atoms with Crippen LogP contribution in [-0.2, 0) is 6.42 Å². The van der Waals surface area contributed by atoms with Crippen molar-refractivity contribution in [1.29, 1.82) is 0 Å². The van der Waals surface area contributed by atoms with Gasteiger partial charge in [0.25, 0.3) is 0 Å². The van der Waals surface area contributed by atoms with Crippen LogP contribution in [0.2, 0.25) is 0 Å². The molecule has 0 bridgehead atoms. The zero-order chi connectivity index (χ0) is 12.7. The highest BCUT2D eigenvalue weighted by atomic mass is 16.5. The third-order valence-electron chi connectivity index (χ3n) is 3.24. The van der Waals surface area contributed by atoms with Crippen molar-refractivity contribution in [3.63, 3.8) is 0 Å². The Morgan fingerprint density at radius 3 is 2.76 bits per heavy atom. The second-order valence-electron chi connectivity index (χ2n) is 4.67. The predicted molar refractivity (Wildman–Crippen MR) is 71.9 cm³/mol. The van der Waals surface area contributed by atoms with Gasteiger partial charge in [-0.2, -0.15) is 0 Å². The van der Waals surface area contributed by atoms with Crippen molar-refractivity contribution in [2.75, 3.05) is 7.11 Å². The van der Waals surface area contributed by atoms with Crippen LogP contribution < -0.4 is 16.0 Å². The summed E-state index contributed by atoms with van der Waals surface area (Å²) in [6.45, 7) is 4.47. The molecule has 0 aliphatic heterocycles. The molecule has 0 aromatic heterocycles. The Bertz CT molecular complexity index is 328. The molecule has 0 fully saturated rings. The van der Waals surface area contributed by atoms with Crippen LogP contribution in [-0.4, -0.2) is 13.2 Å². The first kappa shape index (κ1) is 14.0.